The summed E-state index contributed by atoms with van der Waals surface area (Å²) in [5.74, 6) is -0.428. The van der Waals surface area contributed by atoms with Gasteiger partial charge < -0.3 is 34.3 Å². The SMILES string of the molecule is CC/C=C\C/C=C\C/C=C\C/C=C\C/C=C\C/C=C\CCCCCCC(=O)OC(COCCCCCCCC/C=C\CCCCCCCCC)COC1OC(CO)C(O)C(OS(=O)(=O)O)C1O. The van der Waals surface area contributed by atoms with Crippen LogP contribution >= 0.6 is 0 Å². The van der Waals surface area contributed by atoms with Gasteiger partial charge in [-0.25, -0.2) is 4.18 Å². The van der Waals surface area contributed by atoms with E-state index in [1.54, 1.807) is 0 Å². The van der Waals surface area contributed by atoms with Crippen molar-refractivity contribution in [3.05, 3.63) is 85.1 Å². The van der Waals surface area contributed by atoms with E-state index in [9.17, 15) is 33.1 Å². The second kappa shape index (κ2) is 44.5. The van der Waals surface area contributed by atoms with E-state index in [0.717, 1.165) is 96.3 Å². The Labute approximate surface area is 406 Å². The highest BCUT2D eigenvalue weighted by atomic mass is 32.3. The van der Waals surface area contributed by atoms with E-state index >= 15 is 0 Å². The van der Waals surface area contributed by atoms with Crippen LogP contribution in [0.25, 0.3) is 0 Å². The average Bonchev–Trinajstić information content (AvgIpc) is 3.30. The molecule has 0 aromatic rings. The Bertz CT molecular complexity index is 1490. The molecule has 1 fully saturated rings. The number of aliphatic hydroxyl groups excluding tert-OH is 3. The highest BCUT2D eigenvalue weighted by Gasteiger charge is 2.48. The van der Waals surface area contributed by atoms with Gasteiger partial charge in [0.25, 0.3) is 0 Å². The predicted molar refractivity (Wildman–Crippen MR) is 271 cm³/mol. The van der Waals surface area contributed by atoms with Crippen molar-refractivity contribution in [2.45, 2.75) is 224 Å². The second-order valence-corrected chi connectivity index (χ2v) is 18.4. The smallest absolute Gasteiger partial charge is 0.397 e. The van der Waals surface area contributed by atoms with Crippen LogP contribution in [0.15, 0.2) is 85.1 Å². The minimum atomic E-state index is -5.07. The first kappa shape index (κ1) is 62.3. The molecule has 0 aromatic carbocycles. The zero-order chi connectivity index (χ0) is 48.9. The highest BCUT2D eigenvalue weighted by molar-refractivity contribution is 7.80. The van der Waals surface area contributed by atoms with Crippen molar-refractivity contribution in [2.75, 3.05) is 26.4 Å². The zero-order valence-electron chi connectivity index (χ0n) is 41.4. The summed E-state index contributed by atoms with van der Waals surface area (Å²) in [7, 11) is -5.07. The van der Waals surface area contributed by atoms with E-state index in [1.165, 1.54) is 64.2 Å². The van der Waals surface area contributed by atoms with Crippen LogP contribution in [-0.2, 0) is 38.3 Å². The molecule has 386 valence electrons. The number of hydrogen-bond donors (Lipinski definition) is 4. The van der Waals surface area contributed by atoms with Crippen molar-refractivity contribution in [2.24, 2.45) is 0 Å². The summed E-state index contributed by atoms with van der Waals surface area (Å²) in [4.78, 5) is 12.9. The van der Waals surface area contributed by atoms with Crippen molar-refractivity contribution in [1.82, 2.24) is 0 Å². The Hall–Kier alpha value is -2.72. The predicted octanol–water partition coefficient (Wildman–Crippen LogP) is 12.0. The lowest BCUT2D eigenvalue weighted by Gasteiger charge is -2.41. The van der Waals surface area contributed by atoms with Gasteiger partial charge in [0, 0.05) is 13.0 Å². The van der Waals surface area contributed by atoms with Gasteiger partial charge in [-0.2, -0.15) is 8.42 Å². The van der Waals surface area contributed by atoms with Gasteiger partial charge in [0.2, 0.25) is 0 Å². The van der Waals surface area contributed by atoms with Crippen LogP contribution < -0.4 is 0 Å². The molecule has 4 N–H and O–H groups in total. The van der Waals surface area contributed by atoms with Crippen LogP contribution in [0.1, 0.15) is 187 Å². The van der Waals surface area contributed by atoms with Gasteiger partial charge in [-0.05, 0) is 89.9 Å². The molecule has 1 rings (SSSR count). The minimum Gasteiger partial charge on any atom is -0.457 e. The van der Waals surface area contributed by atoms with Crippen molar-refractivity contribution < 1.29 is 56.2 Å². The maximum atomic E-state index is 12.9. The molecule has 6 unspecified atom stereocenters. The largest absolute Gasteiger partial charge is 0.457 e. The third-order valence-corrected chi connectivity index (χ3v) is 11.7. The van der Waals surface area contributed by atoms with Gasteiger partial charge in [0.1, 0.15) is 30.5 Å². The number of hydrogen-bond acceptors (Lipinski definition) is 11. The van der Waals surface area contributed by atoms with Crippen LogP contribution in [-0.4, -0.2) is 97.5 Å². The van der Waals surface area contributed by atoms with E-state index in [-0.39, 0.29) is 19.6 Å². The van der Waals surface area contributed by atoms with Crippen molar-refractivity contribution >= 4 is 16.4 Å². The van der Waals surface area contributed by atoms with Crippen molar-refractivity contribution in [1.29, 1.82) is 0 Å². The Morgan fingerprint density at radius 2 is 1.03 bits per heavy atom. The van der Waals surface area contributed by atoms with E-state index in [1.807, 2.05) is 0 Å². The molecule has 1 saturated heterocycles. The molecule has 12 nitrogen and oxygen atoms in total. The first-order chi connectivity index (χ1) is 32.6. The van der Waals surface area contributed by atoms with E-state index in [2.05, 4.69) is 103 Å². The lowest BCUT2D eigenvalue weighted by atomic mass is 9.99. The van der Waals surface area contributed by atoms with E-state index < -0.39 is 59.8 Å². The summed E-state index contributed by atoms with van der Waals surface area (Å²) < 4.78 is 59.2. The normalized spacial score (nSPS) is 20.1. The Balaban J connectivity index is 2.40. The second-order valence-electron chi connectivity index (χ2n) is 17.4. The molecule has 1 aliphatic rings. The summed E-state index contributed by atoms with van der Waals surface area (Å²) in [6.45, 7) is 3.83. The molecule has 0 aromatic heterocycles. The van der Waals surface area contributed by atoms with Gasteiger partial charge in [-0.3, -0.25) is 9.35 Å². The molecule has 0 spiro atoms. The Morgan fingerprint density at radius 3 is 1.52 bits per heavy atom. The van der Waals surface area contributed by atoms with E-state index in [0.29, 0.717) is 13.0 Å². The number of ether oxygens (including phenoxy) is 4. The summed E-state index contributed by atoms with van der Waals surface area (Å²) in [5.41, 5.74) is 0. The molecule has 13 heteroatoms. The molecule has 1 aliphatic heterocycles. The fourth-order valence-corrected chi connectivity index (χ4v) is 7.88. The molecular weight excluding hydrogens is 873 g/mol. The third-order valence-electron chi connectivity index (χ3n) is 11.3. The first-order valence-electron chi connectivity index (χ1n) is 25.8. The van der Waals surface area contributed by atoms with Gasteiger partial charge in [0.15, 0.2) is 6.29 Å². The van der Waals surface area contributed by atoms with Crippen LogP contribution in [0.3, 0.4) is 0 Å². The van der Waals surface area contributed by atoms with Gasteiger partial charge >= 0.3 is 16.4 Å². The monoisotopic (exact) mass is 965 g/mol. The number of carbonyl (C=O) groups is 1. The summed E-state index contributed by atoms with van der Waals surface area (Å²) in [6.07, 6.45) is 50.4. The molecule has 0 saturated carbocycles. The number of carbonyl (C=O) groups excluding carboxylic acids is 1. The fourth-order valence-electron chi connectivity index (χ4n) is 7.38. The van der Waals surface area contributed by atoms with Crippen molar-refractivity contribution in [3.8, 4) is 0 Å². The zero-order valence-corrected chi connectivity index (χ0v) is 42.2. The Kier molecular flexibility index (Phi) is 41.4. The number of esters is 1. The summed E-state index contributed by atoms with van der Waals surface area (Å²) in [5, 5.41) is 30.8. The molecular formula is C54H92O12S. The van der Waals surface area contributed by atoms with Crippen LogP contribution in [0.2, 0.25) is 0 Å². The molecule has 0 amide bonds. The average molecular weight is 965 g/mol. The number of unbranched alkanes of at least 4 members (excludes halogenated alkanes) is 17. The standard InChI is InChI=1S/C54H92O12S/c1-3-5-7-9-11-13-15-17-19-21-22-23-24-25-26-27-29-31-33-35-37-39-41-43-50(56)64-48(47-63-54-52(58)53(66-67(59,60)61)51(57)49(45-55)65-54)46-62-44-42-40-38-36-34-32-30-28-20-18-16-14-12-10-8-6-4-2/h5,7,11,13,17,19-20,22-23,25-26,28-29,31,48-49,51-55,57-58H,3-4,6,8-10,12,14-16,18,21,24,27,30,32-47H2,1-2H3,(H,59,60,61)/b7-5-,13-11-,19-17-,23-22-,26-25-,28-20-,31-29-. The molecule has 67 heavy (non-hydrogen) atoms. The Morgan fingerprint density at radius 1 is 0.582 bits per heavy atom. The van der Waals surface area contributed by atoms with E-state index in [4.69, 9.17) is 18.9 Å². The van der Waals surface area contributed by atoms with Crippen LogP contribution in [0.5, 0.6) is 0 Å². The maximum Gasteiger partial charge on any atom is 0.397 e. The number of rotatable bonds is 44. The summed E-state index contributed by atoms with van der Waals surface area (Å²) in [6, 6.07) is 0. The van der Waals surface area contributed by atoms with Gasteiger partial charge in [-0.15, -0.1) is 0 Å². The molecule has 1 heterocycles. The molecule has 0 radical (unpaired) electrons. The number of allylic oxidation sites excluding steroid dienone is 14. The summed E-state index contributed by atoms with van der Waals surface area (Å²) >= 11 is 0. The fraction of sp³-hybridized carbons (Fsp3) is 0.722. The van der Waals surface area contributed by atoms with Gasteiger partial charge in [-0.1, -0.05) is 176 Å². The third kappa shape index (κ3) is 37.8. The molecule has 6 atom stereocenters. The van der Waals surface area contributed by atoms with Gasteiger partial charge in [0.05, 0.1) is 19.8 Å². The lowest BCUT2D eigenvalue weighted by molar-refractivity contribution is -0.301. The highest BCUT2D eigenvalue weighted by Crippen LogP contribution is 2.26. The maximum absolute atomic E-state index is 12.9. The quantitative estimate of drug-likeness (QED) is 0.0197. The number of aliphatic hydroxyl groups is 3. The van der Waals surface area contributed by atoms with Crippen LogP contribution in [0, 0.1) is 0 Å². The molecule has 0 aliphatic carbocycles. The lowest BCUT2D eigenvalue weighted by Crippen LogP contribution is -2.60. The molecule has 0 bridgehead atoms. The van der Waals surface area contributed by atoms with Crippen molar-refractivity contribution in [3.63, 3.8) is 0 Å². The minimum absolute atomic E-state index is 0.0166. The van der Waals surface area contributed by atoms with Crippen LogP contribution in [0.4, 0.5) is 0 Å². The first-order valence-corrected chi connectivity index (χ1v) is 27.2. The topological polar surface area (TPSA) is 178 Å².